The van der Waals surface area contributed by atoms with Gasteiger partial charge in [-0.3, -0.25) is 4.57 Å². The van der Waals surface area contributed by atoms with Gasteiger partial charge < -0.3 is 5.11 Å². The van der Waals surface area contributed by atoms with Crippen molar-refractivity contribution < 1.29 is 5.11 Å². The first-order valence-corrected chi connectivity index (χ1v) is 4.93. The number of rotatable bonds is 3. The summed E-state index contributed by atoms with van der Waals surface area (Å²) < 4.78 is 1.93. The molecule has 4 heteroatoms. The molecular weight excluding hydrogens is 190 g/mol. The Morgan fingerprint density at radius 3 is 2.93 bits per heavy atom. The first-order valence-electron chi connectivity index (χ1n) is 4.93. The Morgan fingerprint density at radius 1 is 1.33 bits per heavy atom. The van der Waals surface area contributed by atoms with Gasteiger partial charge in [0, 0.05) is 25.0 Å². The van der Waals surface area contributed by atoms with Gasteiger partial charge in [-0.25, -0.2) is 9.97 Å². The van der Waals surface area contributed by atoms with Gasteiger partial charge >= 0.3 is 0 Å². The molecular formula is C11H13N3O. The fraction of sp³-hybridized carbons (Fsp3) is 0.273. The molecule has 0 bridgehead atoms. The van der Waals surface area contributed by atoms with E-state index >= 15 is 0 Å². The van der Waals surface area contributed by atoms with E-state index in [1.807, 2.05) is 16.8 Å². The number of hydrogen-bond acceptors (Lipinski definition) is 3. The minimum atomic E-state index is 0.0334. The van der Waals surface area contributed by atoms with E-state index in [4.69, 9.17) is 5.11 Å². The predicted molar refractivity (Wildman–Crippen MR) is 56.7 cm³/mol. The maximum absolute atomic E-state index is 9.03. The van der Waals surface area contributed by atoms with Crippen LogP contribution in [-0.4, -0.2) is 19.6 Å². The highest BCUT2D eigenvalue weighted by Crippen LogP contribution is 2.10. The molecule has 0 aromatic carbocycles. The Bertz CT molecular complexity index is 451. The summed E-state index contributed by atoms with van der Waals surface area (Å²) in [5, 5.41) is 9.03. The summed E-state index contributed by atoms with van der Waals surface area (Å²) in [6.45, 7) is 2.08. The molecule has 0 saturated heterocycles. The van der Waals surface area contributed by atoms with Crippen molar-refractivity contribution in [3.63, 3.8) is 0 Å². The molecule has 0 aliphatic carbocycles. The largest absolute Gasteiger partial charge is 0.392 e. The Hall–Kier alpha value is -1.68. The quantitative estimate of drug-likeness (QED) is 0.818. The number of nitrogens with zero attached hydrogens (tertiary/aromatic N) is 3. The first-order chi connectivity index (χ1) is 7.35. The normalized spacial score (nSPS) is 10.5. The van der Waals surface area contributed by atoms with E-state index in [0.29, 0.717) is 0 Å². The van der Waals surface area contributed by atoms with E-state index in [1.54, 1.807) is 18.5 Å². The second kappa shape index (κ2) is 4.23. The standard InChI is InChI=1S/C11H13N3O/c1-2-10-13-5-6-14(10)11-7-9(8-15)3-4-12-11/h3-7,15H,2,8H2,1H3. The van der Waals surface area contributed by atoms with E-state index in [2.05, 4.69) is 16.9 Å². The molecule has 0 saturated carbocycles. The van der Waals surface area contributed by atoms with Gasteiger partial charge in [0.05, 0.1) is 6.61 Å². The summed E-state index contributed by atoms with van der Waals surface area (Å²) in [5.41, 5.74) is 0.857. The van der Waals surface area contributed by atoms with Crippen molar-refractivity contribution in [3.05, 3.63) is 42.1 Å². The zero-order chi connectivity index (χ0) is 10.7. The van der Waals surface area contributed by atoms with E-state index < -0.39 is 0 Å². The minimum absolute atomic E-state index is 0.0334. The van der Waals surface area contributed by atoms with Gasteiger partial charge in [-0.05, 0) is 17.7 Å². The molecule has 2 heterocycles. The van der Waals surface area contributed by atoms with Crippen molar-refractivity contribution in [1.82, 2.24) is 14.5 Å². The molecule has 0 spiro atoms. The van der Waals surface area contributed by atoms with Crippen LogP contribution in [0.4, 0.5) is 0 Å². The van der Waals surface area contributed by atoms with Crippen molar-refractivity contribution in [3.8, 4) is 5.82 Å². The highest BCUT2D eigenvalue weighted by molar-refractivity contribution is 5.29. The predicted octanol–water partition coefficient (Wildman–Crippen LogP) is 1.32. The third-order valence-corrected chi connectivity index (χ3v) is 2.27. The molecule has 1 N–H and O–H groups in total. The summed E-state index contributed by atoms with van der Waals surface area (Å²) in [7, 11) is 0. The molecule has 2 rings (SSSR count). The lowest BCUT2D eigenvalue weighted by atomic mass is 10.3. The van der Waals surface area contributed by atoms with Crippen molar-refractivity contribution in [2.45, 2.75) is 20.0 Å². The molecule has 0 radical (unpaired) electrons. The monoisotopic (exact) mass is 203 g/mol. The zero-order valence-electron chi connectivity index (χ0n) is 8.59. The Labute approximate surface area is 88.2 Å². The van der Waals surface area contributed by atoms with Gasteiger partial charge in [0.25, 0.3) is 0 Å². The van der Waals surface area contributed by atoms with Gasteiger partial charge in [-0.1, -0.05) is 6.92 Å². The van der Waals surface area contributed by atoms with Crippen LogP contribution in [0.5, 0.6) is 0 Å². The van der Waals surface area contributed by atoms with Crippen LogP contribution < -0.4 is 0 Å². The Kier molecular flexibility index (Phi) is 2.78. The van der Waals surface area contributed by atoms with Crippen LogP contribution in [0.1, 0.15) is 18.3 Å². The lowest BCUT2D eigenvalue weighted by Gasteiger charge is -2.06. The number of aliphatic hydroxyl groups excluding tert-OH is 1. The number of aliphatic hydroxyl groups is 1. The number of aromatic nitrogens is 3. The van der Waals surface area contributed by atoms with Crippen LogP contribution in [0, 0.1) is 0 Å². The summed E-state index contributed by atoms with van der Waals surface area (Å²) in [6, 6.07) is 3.66. The van der Waals surface area contributed by atoms with Gasteiger partial charge in [0.15, 0.2) is 0 Å². The molecule has 78 valence electrons. The van der Waals surface area contributed by atoms with E-state index in [9.17, 15) is 0 Å². The fourth-order valence-corrected chi connectivity index (χ4v) is 1.50. The third kappa shape index (κ3) is 1.89. The highest BCUT2D eigenvalue weighted by Gasteiger charge is 2.04. The van der Waals surface area contributed by atoms with Crippen molar-refractivity contribution in [2.75, 3.05) is 0 Å². The first kappa shape index (κ1) is 9.86. The second-order valence-electron chi connectivity index (χ2n) is 3.25. The van der Waals surface area contributed by atoms with Gasteiger partial charge in [0.2, 0.25) is 0 Å². The molecule has 0 unspecified atom stereocenters. The SMILES string of the molecule is CCc1nccn1-c1cc(CO)ccn1. The van der Waals surface area contributed by atoms with Crippen LogP contribution in [0.15, 0.2) is 30.7 Å². The Morgan fingerprint density at radius 2 is 2.20 bits per heavy atom. The summed E-state index contributed by atoms with van der Waals surface area (Å²) in [6.07, 6.45) is 6.19. The highest BCUT2D eigenvalue weighted by atomic mass is 16.3. The molecule has 0 aliphatic rings. The molecule has 2 aromatic heterocycles. The zero-order valence-corrected chi connectivity index (χ0v) is 8.59. The van der Waals surface area contributed by atoms with E-state index in [0.717, 1.165) is 23.6 Å². The fourth-order valence-electron chi connectivity index (χ4n) is 1.50. The van der Waals surface area contributed by atoms with E-state index in [-0.39, 0.29) is 6.61 Å². The summed E-state index contributed by atoms with van der Waals surface area (Å²) >= 11 is 0. The molecule has 0 fully saturated rings. The lowest BCUT2D eigenvalue weighted by molar-refractivity contribution is 0.281. The number of imidazole rings is 1. The van der Waals surface area contributed by atoms with Crippen molar-refractivity contribution in [1.29, 1.82) is 0 Å². The van der Waals surface area contributed by atoms with Crippen LogP contribution in [0.3, 0.4) is 0 Å². The van der Waals surface area contributed by atoms with Crippen LogP contribution in [0.25, 0.3) is 5.82 Å². The van der Waals surface area contributed by atoms with Crippen molar-refractivity contribution in [2.24, 2.45) is 0 Å². The number of aryl methyl sites for hydroxylation is 1. The van der Waals surface area contributed by atoms with E-state index in [1.165, 1.54) is 0 Å². The summed E-state index contributed by atoms with van der Waals surface area (Å²) in [4.78, 5) is 8.48. The molecule has 4 nitrogen and oxygen atoms in total. The lowest BCUT2D eigenvalue weighted by Crippen LogP contribution is -2.02. The van der Waals surface area contributed by atoms with Gasteiger partial charge in [0.1, 0.15) is 11.6 Å². The topological polar surface area (TPSA) is 50.9 Å². The number of pyridine rings is 1. The van der Waals surface area contributed by atoms with Crippen LogP contribution >= 0.6 is 0 Å². The average Bonchev–Trinajstić information content (AvgIpc) is 2.77. The Balaban J connectivity index is 2.44. The second-order valence-corrected chi connectivity index (χ2v) is 3.25. The van der Waals surface area contributed by atoms with Gasteiger partial charge in [-0.2, -0.15) is 0 Å². The van der Waals surface area contributed by atoms with Crippen LogP contribution in [-0.2, 0) is 13.0 Å². The maximum Gasteiger partial charge on any atom is 0.138 e. The van der Waals surface area contributed by atoms with Crippen molar-refractivity contribution >= 4 is 0 Å². The smallest absolute Gasteiger partial charge is 0.138 e. The minimum Gasteiger partial charge on any atom is -0.392 e. The number of hydrogen-bond donors (Lipinski definition) is 1. The maximum atomic E-state index is 9.03. The molecule has 15 heavy (non-hydrogen) atoms. The summed E-state index contributed by atoms with van der Waals surface area (Å²) in [5.74, 6) is 1.77. The molecule has 2 aromatic rings. The third-order valence-electron chi connectivity index (χ3n) is 2.27. The molecule has 0 amide bonds. The molecule has 0 atom stereocenters. The van der Waals surface area contributed by atoms with Crippen LogP contribution in [0.2, 0.25) is 0 Å². The average molecular weight is 203 g/mol. The molecule has 0 aliphatic heterocycles. The van der Waals surface area contributed by atoms with Gasteiger partial charge in [-0.15, -0.1) is 0 Å².